The van der Waals surface area contributed by atoms with Crippen LogP contribution in [-0.4, -0.2) is 17.6 Å². The summed E-state index contributed by atoms with van der Waals surface area (Å²) in [5.74, 6) is 6.71. The summed E-state index contributed by atoms with van der Waals surface area (Å²) in [5.41, 5.74) is 4.60. The van der Waals surface area contributed by atoms with Crippen LogP contribution in [0.15, 0.2) is 36.4 Å². The van der Waals surface area contributed by atoms with Gasteiger partial charge in [-0.1, -0.05) is 30.3 Å². The van der Waals surface area contributed by atoms with Gasteiger partial charge in [0.05, 0.1) is 19.1 Å². The molecule has 1 aromatic heterocycles. The SMILES string of the molecule is CCOC(=O)[C@@H](C)[n+]1c(NN)cc(C)nc1Cc1ccccc1. The number of nitrogens with one attached hydrogen (secondary N) is 1. The summed E-state index contributed by atoms with van der Waals surface area (Å²) in [6.07, 6.45) is 0.598. The van der Waals surface area contributed by atoms with Crippen LogP contribution in [0.4, 0.5) is 5.82 Å². The highest BCUT2D eigenvalue weighted by atomic mass is 16.5. The van der Waals surface area contributed by atoms with Crippen LogP contribution in [0, 0.1) is 6.92 Å². The van der Waals surface area contributed by atoms with Crippen molar-refractivity contribution in [1.29, 1.82) is 0 Å². The molecule has 2 aromatic rings. The molecule has 0 radical (unpaired) electrons. The van der Waals surface area contributed by atoms with E-state index in [9.17, 15) is 4.79 Å². The van der Waals surface area contributed by atoms with Gasteiger partial charge < -0.3 is 4.74 Å². The van der Waals surface area contributed by atoms with Gasteiger partial charge in [0.1, 0.15) is 5.69 Å². The maximum absolute atomic E-state index is 12.2. The second-order valence-electron chi connectivity index (χ2n) is 5.30. The number of nitrogens with zero attached hydrogens (tertiary/aromatic N) is 2. The zero-order chi connectivity index (χ0) is 16.8. The number of hydrogen-bond acceptors (Lipinski definition) is 5. The molecule has 0 saturated heterocycles. The summed E-state index contributed by atoms with van der Waals surface area (Å²) in [5, 5.41) is 0. The van der Waals surface area contributed by atoms with Gasteiger partial charge in [-0.05, 0) is 26.3 Å². The number of hydrogen-bond donors (Lipinski definition) is 2. The van der Waals surface area contributed by atoms with Crippen molar-refractivity contribution in [3.63, 3.8) is 0 Å². The number of hydrazine groups is 1. The third-order valence-corrected chi connectivity index (χ3v) is 3.56. The van der Waals surface area contributed by atoms with E-state index >= 15 is 0 Å². The molecule has 0 aliphatic heterocycles. The Labute approximate surface area is 136 Å². The molecular formula is C17H23N4O2+. The molecule has 0 fully saturated rings. The first kappa shape index (κ1) is 16.9. The van der Waals surface area contributed by atoms with Crippen LogP contribution in [-0.2, 0) is 16.0 Å². The third kappa shape index (κ3) is 4.04. The summed E-state index contributed by atoms with van der Waals surface area (Å²) in [6, 6.07) is 11.3. The quantitative estimate of drug-likeness (QED) is 0.367. The van der Waals surface area contributed by atoms with Crippen molar-refractivity contribution in [3.8, 4) is 0 Å². The first-order chi connectivity index (χ1) is 11.1. The van der Waals surface area contributed by atoms with Crippen molar-refractivity contribution in [1.82, 2.24) is 4.98 Å². The number of esters is 1. The van der Waals surface area contributed by atoms with Crippen molar-refractivity contribution < 1.29 is 14.1 Å². The zero-order valence-corrected chi connectivity index (χ0v) is 13.7. The molecule has 0 aliphatic carbocycles. The molecule has 3 N–H and O–H groups in total. The van der Waals surface area contributed by atoms with E-state index in [0.717, 1.165) is 17.1 Å². The number of ether oxygens (including phenoxy) is 1. The van der Waals surface area contributed by atoms with Crippen molar-refractivity contribution in [2.45, 2.75) is 33.2 Å². The lowest BCUT2D eigenvalue weighted by molar-refractivity contribution is -0.704. The first-order valence-electron chi connectivity index (χ1n) is 7.66. The molecule has 0 saturated carbocycles. The standard InChI is InChI=1S/C17H22N4O2/c1-4-23-17(22)13(3)21-15(11-14-8-6-5-7-9-14)19-12(2)10-16(21)20-18/h5-10,13H,4,11,18H2,1-3H3/p+1/t13-/m1/s1. The largest absolute Gasteiger partial charge is 0.463 e. The van der Waals surface area contributed by atoms with E-state index < -0.39 is 6.04 Å². The lowest BCUT2D eigenvalue weighted by atomic mass is 10.1. The van der Waals surface area contributed by atoms with E-state index in [2.05, 4.69) is 10.4 Å². The Balaban J connectivity index is 2.47. The average molecular weight is 315 g/mol. The average Bonchev–Trinajstić information content (AvgIpc) is 2.55. The minimum Gasteiger partial charge on any atom is -0.463 e. The lowest BCUT2D eigenvalue weighted by Gasteiger charge is -2.16. The molecule has 6 heteroatoms. The molecule has 1 heterocycles. The predicted molar refractivity (Wildman–Crippen MR) is 87.6 cm³/mol. The molecule has 0 unspecified atom stereocenters. The fourth-order valence-corrected chi connectivity index (χ4v) is 2.51. The summed E-state index contributed by atoms with van der Waals surface area (Å²) in [7, 11) is 0. The molecule has 1 atom stereocenters. The Bertz CT molecular complexity index is 674. The van der Waals surface area contributed by atoms with E-state index in [0.29, 0.717) is 18.8 Å². The van der Waals surface area contributed by atoms with Crippen LogP contribution >= 0.6 is 0 Å². The maximum Gasteiger partial charge on any atom is 0.343 e. The highest BCUT2D eigenvalue weighted by molar-refractivity contribution is 5.72. The van der Waals surface area contributed by atoms with Crippen LogP contribution in [0.1, 0.15) is 37.0 Å². The Kier molecular flexibility index (Phi) is 5.65. The van der Waals surface area contributed by atoms with Crippen molar-refractivity contribution in [3.05, 3.63) is 53.5 Å². The highest BCUT2D eigenvalue weighted by Gasteiger charge is 2.27. The molecule has 1 aromatic carbocycles. The fraction of sp³-hybridized carbons (Fsp3) is 0.353. The molecule has 0 spiro atoms. The lowest BCUT2D eigenvalue weighted by Crippen LogP contribution is -2.50. The molecule has 6 nitrogen and oxygen atoms in total. The summed E-state index contributed by atoms with van der Waals surface area (Å²) < 4.78 is 6.93. The number of anilines is 1. The number of rotatable bonds is 6. The van der Waals surface area contributed by atoms with Crippen molar-refractivity contribution in [2.75, 3.05) is 12.0 Å². The number of nitrogens with two attached hydrogens (primary N) is 1. The Morgan fingerprint density at radius 2 is 2.09 bits per heavy atom. The van der Waals surface area contributed by atoms with Gasteiger partial charge in [-0.15, -0.1) is 4.98 Å². The number of nitrogen functional groups attached to an aromatic ring is 1. The van der Waals surface area contributed by atoms with E-state index in [1.807, 2.05) is 43.3 Å². The van der Waals surface area contributed by atoms with Gasteiger partial charge in [0.25, 0.3) is 0 Å². The minimum atomic E-state index is -0.521. The van der Waals surface area contributed by atoms with E-state index in [4.69, 9.17) is 10.6 Å². The molecule has 0 aliphatic rings. The van der Waals surface area contributed by atoms with Crippen LogP contribution in [0.25, 0.3) is 0 Å². The van der Waals surface area contributed by atoms with E-state index in [1.54, 1.807) is 18.4 Å². The smallest absolute Gasteiger partial charge is 0.343 e. The monoisotopic (exact) mass is 315 g/mol. The van der Waals surface area contributed by atoms with Gasteiger partial charge in [0.15, 0.2) is 6.04 Å². The van der Waals surface area contributed by atoms with Crippen molar-refractivity contribution >= 4 is 11.8 Å². The van der Waals surface area contributed by atoms with Crippen LogP contribution in [0.5, 0.6) is 0 Å². The summed E-state index contributed by atoms with van der Waals surface area (Å²) in [4.78, 5) is 16.8. The first-order valence-corrected chi connectivity index (χ1v) is 7.66. The molecule has 23 heavy (non-hydrogen) atoms. The Morgan fingerprint density at radius 3 is 2.70 bits per heavy atom. The molecule has 122 valence electrons. The van der Waals surface area contributed by atoms with Gasteiger partial charge >= 0.3 is 5.97 Å². The number of aromatic nitrogens is 2. The second-order valence-corrected chi connectivity index (χ2v) is 5.30. The number of aryl methyl sites for hydroxylation is 1. The number of benzene rings is 1. The van der Waals surface area contributed by atoms with E-state index in [1.165, 1.54) is 0 Å². The fourth-order valence-electron chi connectivity index (χ4n) is 2.51. The molecule has 0 bridgehead atoms. The highest BCUT2D eigenvalue weighted by Crippen LogP contribution is 2.13. The maximum atomic E-state index is 12.2. The Morgan fingerprint density at radius 1 is 1.39 bits per heavy atom. The van der Waals surface area contributed by atoms with Gasteiger partial charge in [0.2, 0.25) is 11.6 Å². The normalized spacial score (nSPS) is 11.8. The van der Waals surface area contributed by atoms with Crippen LogP contribution in [0.3, 0.4) is 0 Å². The van der Waals surface area contributed by atoms with Gasteiger partial charge in [0, 0.05) is 0 Å². The summed E-state index contributed by atoms with van der Waals surface area (Å²) in [6.45, 7) is 5.80. The number of carbonyl (C=O) groups excluding carboxylic acids is 1. The third-order valence-electron chi connectivity index (χ3n) is 3.56. The zero-order valence-electron chi connectivity index (χ0n) is 13.7. The summed E-state index contributed by atoms with van der Waals surface area (Å²) >= 11 is 0. The molecular weight excluding hydrogens is 292 g/mol. The topological polar surface area (TPSA) is 81.1 Å². The van der Waals surface area contributed by atoms with Gasteiger partial charge in [-0.2, -0.15) is 0 Å². The van der Waals surface area contributed by atoms with E-state index in [-0.39, 0.29) is 5.97 Å². The van der Waals surface area contributed by atoms with Gasteiger partial charge in [-0.25, -0.2) is 20.6 Å². The molecule has 2 rings (SSSR count). The van der Waals surface area contributed by atoms with Crippen molar-refractivity contribution in [2.24, 2.45) is 5.84 Å². The van der Waals surface area contributed by atoms with Crippen LogP contribution in [0.2, 0.25) is 0 Å². The second kappa shape index (κ2) is 7.69. The predicted octanol–water partition coefficient (Wildman–Crippen LogP) is 1.68. The molecule has 0 amide bonds. The van der Waals surface area contributed by atoms with Gasteiger partial charge in [-0.3, -0.25) is 0 Å². The number of carbonyl (C=O) groups is 1. The van der Waals surface area contributed by atoms with Crippen LogP contribution < -0.4 is 15.8 Å². The minimum absolute atomic E-state index is 0.311. The Hall–Kier alpha value is -2.47.